The molecule has 5 heteroatoms. The lowest BCUT2D eigenvalue weighted by Gasteiger charge is -2.07. The lowest BCUT2D eigenvalue weighted by Crippen LogP contribution is -2.08. The molecule has 0 saturated carbocycles. The number of Topliss-reactive ketones (excluding diaryl/α,β-unsaturated/α-hetero) is 1. The second kappa shape index (κ2) is 6.02. The van der Waals surface area contributed by atoms with Crippen LogP contribution >= 0.6 is 27.5 Å². The molecule has 0 saturated heterocycles. The van der Waals surface area contributed by atoms with Gasteiger partial charge in [0, 0.05) is 22.6 Å². The zero-order valence-corrected chi connectivity index (χ0v) is 12.9. The Bertz CT molecular complexity index is 686. The Labute approximate surface area is 128 Å². The summed E-state index contributed by atoms with van der Waals surface area (Å²) in [4.78, 5) is 12.1. The largest absolute Gasteiger partial charge is 0.294 e. The number of hydrogen-bond acceptors (Lipinski definition) is 1. The highest BCUT2D eigenvalue weighted by Crippen LogP contribution is 2.24. The Hall–Kier alpha value is -1.26. The average molecular weight is 360 g/mol. The average Bonchev–Trinajstić information content (AvgIpc) is 2.42. The SMILES string of the molecule is Cc1cc(C(=O)Cc2c(F)ccc(Br)c2F)ccc1Cl. The van der Waals surface area contributed by atoms with Crippen molar-refractivity contribution in [3.63, 3.8) is 0 Å². The van der Waals surface area contributed by atoms with Gasteiger partial charge in [-0.2, -0.15) is 0 Å². The predicted molar refractivity (Wildman–Crippen MR) is 78.3 cm³/mol. The van der Waals surface area contributed by atoms with E-state index in [1.54, 1.807) is 25.1 Å². The Morgan fingerprint density at radius 2 is 1.95 bits per heavy atom. The van der Waals surface area contributed by atoms with E-state index in [2.05, 4.69) is 15.9 Å². The molecular formula is C15H10BrClF2O. The van der Waals surface area contributed by atoms with Crippen LogP contribution in [0.15, 0.2) is 34.8 Å². The molecule has 2 aromatic carbocycles. The number of halogens is 4. The maximum atomic E-state index is 13.8. The van der Waals surface area contributed by atoms with E-state index in [0.717, 1.165) is 11.6 Å². The Kier molecular flexibility index (Phi) is 4.55. The molecule has 0 heterocycles. The summed E-state index contributed by atoms with van der Waals surface area (Å²) in [7, 11) is 0. The van der Waals surface area contributed by atoms with Crippen LogP contribution in [0.3, 0.4) is 0 Å². The van der Waals surface area contributed by atoms with Crippen LogP contribution in [-0.2, 0) is 6.42 Å². The summed E-state index contributed by atoms with van der Waals surface area (Å²) in [6.45, 7) is 1.76. The van der Waals surface area contributed by atoms with Gasteiger partial charge in [-0.05, 0) is 58.7 Å². The molecular weight excluding hydrogens is 350 g/mol. The molecule has 0 atom stereocenters. The molecule has 0 aromatic heterocycles. The highest BCUT2D eigenvalue weighted by molar-refractivity contribution is 9.10. The molecule has 0 aliphatic rings. The van der Waals surface area contributed by atoms with Crippen molar-refractivity contribution in [3.8, 4) is 0 Å². The van der Waals surface area contributed by atoms with Crippen molar-refractivity contribution in [3.05, 3.63) is 68.2 Å². The molecule has 0 aliphatic heterocycles. The van der Waals surface area contributed by atoms with E-state index in [0.29, 0.717) is 10.6 Å². The first-order chi connectivity index (χ1) is 9.40. The van der Waals surface area contributed by atoms with Gasteiger partial charge in [-0.25, -0.2) is 8.78 Å². The number of benzene rings is 2. The fourth-order valence-corrected chi connectivity index (χ4v) is 2.30. The van der Waals surface area contributed by atoms with Gasteiger partial charge in [0.25, 0.3) is 0 Å². The third kappa shape index (κ3) is 3.07. The number of carbonyl (C=O) groups is 1. The zero-order valence-electron chi connectivity index (χ0n) is 10.5. The van der Waals surface area contributed by atoms with Gasteiger partial charge in [0.05, 0.1) is 4.47 Å². The fourth-order valence-electron chi connectivity index (χ4n) is 1.81. The lowest BCUT2D eigenvalue weighted by molar-refractivity contribution is 0.0990. The molecule has 0 fully saturated rings. The minimum atomic E-state index is -0.746. The molecule has 0 aliphatic carbocycles. The van der Waals surface area contributed by atoms with Crippen molar-refractivity contribution in [1.29, 1.82) is 0 Å². The molecule has 2 rings (SSSR count). The van der Waals surface area contributed by atoms with Crippen LogP contribution in [0.1, 0.15) is 21.5 Å². The van der Waals surface area contributed by atoms with E-state index in [4.69, 9.17) is 11.6 Å². The van der Waals surface area contributed by atoms with Crippen molar-refractivity contribution >= 4 is 33.3 Å². The summed E-state index contributed by atoms with van der Waals surface area (Å²) in [5, 5.41) is 0.543. The van der Waals surface area contributed by atoms with Gasteiger partial charge in [-0.1, -0.05) is 11.6 Å². The monoisotopic (exact) mass is 358 g/mol. The minimum Gasteiger partial charge on any atom is -0.294 e. The van der Waals surface area contributed by atoms with Crippen LogP contribution in [0, 0.1) is 18.6 Å². The first-order valence-corrected chi connectivity index (χ1v) is 6.99. The van der Waals surface area contributed by atoms with Crippen molar-refractivity contribution in [1.82, 2.24) is 0 Å². The summed E-state index contributed by atoms with van der Waals surface area (Å²) < 4.78 is 27.6. The van der Waals surface area contributed by atoms with E-state index in [9.17, 15) is 13.6 Å². The number of hydrogen-bond donors (Lipinski definition) is 0. The minimum absolute atomic E-state index is 0.133. The number of rotatable bonds is 3. The fraction of sp³-hybridized carbons (Fsp3) is 0.133. The highest BCUT2D eigenvalue weighted by Gasteiger charge is 2.17. The van der Waals surface area contributed by atoms with Gasteiger partial charge in [0.15, 0.2) is 5.78 Å². The van der Waals surface area contributed by atoms with E-state index in [-0.39, 0.29) is 22.2 Å². The third-order valence-corrected chi connectivity index (χ3v) is 3.99. The Balaban J connectivity index is 2.32. The zero-order chi connectivity index (χ0) is 14.9. The summed E-state index contributed by atoms with van der Waals surface area (Å²) in [5.41, 5.74) is 0.885. The van der Waals surface area contributed by atoms with Gasteiger partial charge >= 0.3 is 0 Å². The summed E-state index contributed by atoms with van der Waals surface area (Å²) in [6, 6.07) is 7.15. The molecule has 104 valence electrons. The molecule has 0 amide bonds. The standard InChI is InChI=1S/C15H10BrClF2O/c1-8-6-9(2-4-12(8)17)14(20)7-10-13(18)5-3-11(16)15(10)19/h2-6H,7H2,1H3. The second-order valence-corrected chi connectivity index (χ2v) is 5.65. The molecule has 0 unspecified atom stereocenters. The van der Waals surface area contributed by atoms with Crippen LogP contribution in [0.4, 0.5) is 8.78 Å². The van der Waals surface area contributed by atoms with E-state index < -0.39 is 11.6 Å². The van der Waals surface area contributed by atoms with Crippen molar-refractivity contribution in [2.24, 2.45) is 0 Å². The van der Waals surface area contributed by atoms with Gasteiger partial charge in [-0.15, -0.1) is 0 Å². The van der Waals surface area contributed by atoms with Crippen LogP contribution in [0.2, 0.25) is 5.02 Å². The van der Waals surface area contributed by atoms with Gasteiger partial charge in [0.1, 0.15) is 11.6 Å². The third-order valence-electron chi connectivity index (χ3n) is 2.96. The van der Waals surface area contributed by atoms with E-state index in [1.807, 2.05) is 0 Å². The van der Waals surface area contributed by atoms with Crippen LogP contribution in [0.25, 0.3) is 0 Å². The van der Waals surface area contributed by atoms with Gasteiger partial charge < -0.3 is 0 Å². The summed E-state index contributed by atoms with van der Waals surface area (Å²) in [5.74, 6) is -1.84. The highest BCUT2D eigenvalue weighted by atomic mass is 79.9. The topological polar surface area (TPSA) is 17.1 Å². The molecule has 1 nitrogen and oxygen atoms in total. The number of ketones is 1. The van der Waals surface area contributed by atoms with E-state index in [1.165, 1.54) is 6.07 Å². The van der Waals surface area contributed by atoms with Crippen LogP contribution in [0.5, 0.6) is 0 Å². The maximum absolute atomic E-state index is 13.8. The quantitative estimate of drug-likeness (QED) is 0.549. The van der Waals surface area contributed by atoms with Gasteiger partial charge in [-0.3, -0.25) is 4.79 Å². The van der Waals surface area contributed by atoms with Crippen LogP contribution < -0.4 is 0 Å². The summed E-state index contributed by atoms with van der Waals surface area (Å²) in [6.07, 6.45) is -0.335. The Morgan fingerprint density at radius 1 is 1.25 bits per heavy atom. The summed E-state index contributed by atoms with van der Waals surface area (Å²) >= 11 is 8.86. The first kappa shape index (κ1) is 15.1. The number of carbonyl (C=O) groups excluding carboxylic acids is 1. The molecule has 0 spiro atoms. The smallest absolute Gasteiger partial charge is 0.167 e. The molecule has 0 N–H and O–H groups in total. The van der Waals surface area contributed by atoms with Crippen molar-refractivity contribution in [2.75, 3.05) is 0 Å². The Morgan fingerprint density at radius 3 is 2.60 bits per heavy atom. The normalized spacial score (nSPS) is 10.7. The molecule has 2 aromatic rings. The van der Waals surface area contributed by atoms with Crippen molar-refractivity contribution in [2.45, 2.75) is 13.3 Å². The molecule has 0 bridgehead atoms. The number of aryl methyl sites for hydroxylation is 1. The first-order valence-electron chi connectivity index (χ1n) is 5.82. The van der Waals surface area contributed by atoms with E-state index >= 15 is 0 Å². The molecule has 0 radical (unpaired) electrons. The predicted octanol–water partition coefficient (Wildman–Crippen LogP) is 5.11. The van der Waals surface area contributed by atoms with Crippen molar-refractivity contribution < 1.29 is 13.6 Å². The molecule has 20 heavy (non-hydrogen) atoms. The maximum Gasteiger partial charge on any atom is 0.167 e. The second-order valence-electron chi connectivity index (χ2n) is 4.39. The van der Waals surface area contributed by atoms with Crippen LogP contribution in [-0.4, -0.2) is 5.78 Å². The van der Waals surface area contributed by atoms with Gasteiger partial charge in [0.2, 0.25) is 0 Å². The lowest BCUT2D eigenvalue weighted by atomic mass is 10.0.